The first-order valence-corrected chi connectivity index (χ1v) is 8.87. The molecule has 1 N–H and O–H groups in total. The van der Waals surface area contributed by atoms with Crippen molar-refractivity contribution in [2.24, 2.45) is 0 Å². The van der Waals surface area contributed by atoms with Crippen molar-refractivity contribution in [1.82, 2.24) is 0 Å². The molecule has 4 nitrogen and oxygen atoms in total. The van der Waals surface area contributed by atoms with Gasteiger partial charge in [0.2, 0.25) is 0 Å². The molecule has 0 aliphatic carbocycles. The van der Waals surface area contributed by atoms with Crippen molar-refractivity contribution in [2.75, 3.05) is 12.9 Å². The average Bonchev–Trinajstić information content (AvgIpc) is 2.47. The third kappa shape index (κ3) is 4.47. The minimum atomic E-state index is -3.52. The van der Waals surface area contributed by atoms with Gasteiger partial charge in [0, 0.05) is 10.6 Å². The average molecular weight is 341 g/mol. The third-order valence-corrected chi connectivity index (χ3v) is 5.02. The van der Waals surface area contributed by atoms with E-state index < -0.39 is 15.9 Å². The molecule has 0 bridgehead atoms. The molecule has 0 radical (unpaired) electrons. The highest BCUT2D eigenvalue weighted by Crippen LogP contribution is 2.26. The maximum absolute atomic E-state index is 12.3. The molecule has 2 aromatic carbocycles. The number of hydrogen-bond donors (Lipinski definition) is 1. The van der Waals surface area contributed by atoms with E-state index >= 15 is 0 Å². The lowest BCUT2D eigenvalue weighted by Crippen LogP contribution is -2.16. The number of rotatable bonds is 6. The van der Waals surface area contributed by atoms with Gasteiger partial charge in [-0.1, -0.05) is 41.9 Å². The number of hydrogen-bond acceptors (Lipinski definition) is 4. The van der Waals surface area contributed by atoms with Crippen molar-refractivity contribution < 1.29 is 18.3 Å². The molecule has 22 heavy (non-hydrogen) atoms. The molecule has 0 saturated carbocycles. The summed E-state index contributed by atoms with van der Waals surface area (Å²) in [5.74, 6) is -0.130. The number of sulfone groups is 1. The predicted octanol–water partition coefficient (Wildman–Crippen LogP) is 3.00. The van der Waals surface area contributed by atoms with E-state index in [1.807, 2.05) is 6.07 Å². The summed E-state index contributed by atoms with van der Waals surface area (Å²) < 4.78 is 29.8. The van der Waals surface area contributed by atoms with Gasteiger partial charge in [0.05, 0.1) is 24.7 Å². The normalized spacial score (nSPS) is 12.9. The summed E-state index contributed by atoms with van der Waals surface area (Å²) in [5, 5.41) is 10.5. The Hall–Kier alpha value is -1.56. The molecule has 1 atom stereocenters. The molecule has 0 aliphatic heterocycles. The summed E-state index contributed by atoms with van der Waals surface area (Å²) in [6.07, 6.45) is -1.06. The number of aliphatic hydroxyl groups is 1. The Labute approximate surface area is 135 Å². The Morgan fingerprint density at radius 2 is 1.86 bits per heavy atom. The molecule has 0 aliphatic rings. The first-order chi connectivity index (χ1) is 10.4. The summed E-state index contributed by atoms with van der Waals surface area (Å²) in [6.45, 7) is 0. The van der Waals surface area contributed by atoms with Gasteiger partial charge in [0.1, 0.15) is 5.75 Å². The second kappa shape index (κ2) is 7.13. The standard InChI is InChI=1S/C16H17ClO4S/c1-21-16-8-7-14(17)9-13(16)10-22(19,20)11-15(18)12-5-3-2-4-6-12/h2-9,15,18H,10-11H2,1H3/t15-/m1/s1. The number of halogens is 1. The molecule has 0 fully saturated rings. The van der Waals surface area contributed by atoms with Gasteiger partial charge in [0.25, 0.3) is 0 Å². The highest BCUT2D eigenvalue weighted by molar-refractivity contribution is 7.90. The van der Waals surface area contributed by atoms with Crippen LogP contribution in [0, 0.1) is 0 Å². The Balaban J connectivity index is 2.16. The van der Waals surface area contributed by atoms with Crippen molar-refractivity contribution in [1.29, 1.82) is 0 Å². The lowest BCUT2D eigenvalue weighted by molar-refractivity contribution is 0.201. The number of aliphatic hydroxyl groups excluding tert-OH is 1. The van der Waals surface area contributed by atoms with Crippen LogP contribution >= 0.6 is 11.6 Å². The van der Waals surface area contributed by atoms with E-state index in [9.17, 15) is 13.5 Å². The van der Waals surface area contributed by atoms with Gasteiger partial charge in [-0.05, 0) is 23.8 Å². The fraction of sp³-hybridized carbons (Fsp3) is 0.250. The van der Waals surface area contributed by atoms with Gasteiger partial charge >= 0.3 is 0 Å². The van der Waals surface area contributed by atoms with Crippen LogP contribution in [0.25, 0.3) is 0 Å². The molecular formula is C16H17ClO4S. The van der Waals surface area contributed by atoms with Crippen LogP contribution in [-0.4, -0.2) is 26.4 Å². The molecule has 0 amide bonds. The van der Waals surface area contributed by atoms with Crippen LogP contribution in [0.2, 0.25) is 5.02 Å². The van der Waals surface area contributed by atoms with E-state index in [2.05, 4.69) is 0 Å². The van der Waals surface area contributed by atoms with Gasteiger partial charge in [-0.3, -0.25) is 0 Å². The van der Waals surface area contributed by atoms with Crippen molar-refractivity contribution in [3.8, 4) is 5.75 Å². The van der Waals surface area contributed by atoms with Crippen molar-refractivity contribution in [3.63, 3.8) is 0 Å². The SMILES string of the molecule is COc1ccc(Cl)cc1CS(=O)(=O)C[C@@H](O)c1ccccc1. The Morgan fingerprint density at radius 3 is 2.50 bits per heavy atom. The number of methoxy groups -OCH3 is 1. The van der Waals surface area contributed by atoms with E-state index in [1.54, 1.807) is 42.5 Å². The van der Waals surface area contributed by atoms with Crippen molar-refractivity contribution in [3.05, 3.63) is 64.7 Å². The predicted molar refractivity (Wildman–Crippen MR) is 86.9 cm³/mol. The smallest absolute Gasteiger partial charge is 0.157 e. The fourth-order valence-corrected chi connectivity index (χ4v) is 3.85. The third-order valence-electron chi connectivity index (χ3n) is 3.21. The molecule has 0 aromatic heterocycles. The van der Waals surface area contributed by atoms with E-state index in [0.717, 1.165) is 0 Å². The van der Waals surface area contributed by atoms with Crippen molar-refractivity contribution in [2.45, 2.75) is 11.9 Å². The summed E-state index contributed by atoms with van der Waals surface area (Å²) in [6, 6.07) is 13.5. The van der Waals surface area contributed by atoms with Crippen LogP contribution in [0.15, 0.2) is 48.5 Å². The summed E-state index contributed by atoms with van der Waals surface area (Å²) in [5.41, 5.74) is 1.05. The van der Waals surface area contributed by atoms with Gasteiger partial charge < -0.3 is 9.84 Å². The second-order valence-electron chi connectivity index (χ2n) is 4.94. The number of ether oxygens (including phenoxy) is 1. The molecule has 0 heterocycles. The Morgan fingerprint density at radius 1 is 1.18 bits per heavy atom. The first-order valence-electron chi connectivity index (χ1n) is 6.67. The maximum atomic E-state index is 12.3. The van der Waals surface area contributed by atoms with E-state index in [-0.39, 0.29) is 11.5 Å². The van der Waals surface area contributed by atoms with E-state index in [4.69, 9.17) is 16.3 Å². The van der Waals surface area contributed by atoms with Gasteiger partial charge in [-0.25, -0.2) is 8.42 Å². The molecular weight excluding hydrogens is 324 g/mol. The lowest BCUT2D eigenvalue weighted by atomic mass is 10.1. The monoisotopic (exact) mass is 340 g/mol. The second-order valence-corrected chi connectivity index (χ2v) is 7.48. The largest absolute Gasteiger partial charge is 0.496 e. The first kappa shape index (κ1) is 16.8. The zero-order valence-electron chi connectivity index (χ0n) is 12.1. The highest BCUT2D eigenvalue weighted by atomic mass is 35.5. The van der Waals surface area contributed by atoms with E-state index in [1.165, 1.54) is 7.11 Å². The van der Waals surface area contributed by atoms with Crippen LogP contribution in [0.1, 0.15) is 17.2 Å². The van der Waals surface area contributed by atoms with Gasteiger partial charge in [-0.2, -0.15) is 0 Å². The maximum Gasteiger partial charge on any atom is 0.157 e. The van der Waals surface area contributed by atoms with Gasteiger partial charge in [-0.15, -0.1) is 0 Å². The Kier molecular flexibility index (Phi) is 5.45. The Bertz CT molecular complexity index is 729. The highest BCUT2D eigenvalue weighted by Gasteiger charge is 2.21. The summed E-state index contributed by atoms with van der Waals surface area (Å²) in [7, 11) is -2.05. The molecule has 0 saturated heterocycles. The minimum absolute atomic E-state index is 0.235. The topological polar surface area (TPSA) is 63.6 Å². The molecule has 118 valence electrons. The fourth-order valence-electron chi connectivity index (χ4n) is 2.17. The number of benzene rings is 2. The molecule has 6 heteroatoms. The quantitative estimate of drug-likeness (QED) is 0.878. The van der Waals surface area contributed by atoms with Crippen LogP contribution in [0.4, 0.5) is 0 Å². The molecule has 0 unspecified atom stereocenters. The van der Waals surface area contributed by atoms with Crippen molar-refractivity contribution >= 4 is 21.4 Å². The zero-order chi connectivity index (χ0) is 16.2. The minimum Gasteiger partial charge on any atom is -0.496 e. The van der Waals surface area contributed by atoms with Crippen LogP contribution in [0.5, 0.6) is 5.75 Å². The molecule has 2 rings (SSSR count). The van der Waals surface area contributed by atoms with Gasteiger partial charge in [0.15, 0.2) is 9.84 Å². The van der Waals surface area contributed by atoms with Crippen LogP contribution in [-0.2, 0) is 15.6 Å². The van der Waals surface area contributed by atoms with Crippen LogP contribution in [0.3, 0.4) is 0 Å². The lowest BCUT2D eigenvalue weighted by Gasteiger charge is -2.13. The van der Waals surface area contributed by atoms with E-state index in [0.29, 0.717) is 21.9 Å². The summed E-state index contributed by atoms with van der Waals surface area (Å²) in [4.78, 5) is 0. The zero-order valence-corrected chi connectivity index (χ0v) is 13.6. The molecule has 0 spiro atoms. The molecule has 2 aromatic rings. The summed E-state index contributed by atoms with van der Waals surface area (Å²) >= 11 is 5.90. The van der Waals surface area contributed by atoms with Crippen LogP contribution < -0.4 is 4.74 Å².